The monoisotopic (exact) mass is 236 g/mol. The maximum atomic E-state index is 5.61. The highest BCUT2D eigenvalue weighted by atomic mass is 16.5. The molecule has 1 aromatic rings. The van der Waals surface area contributed by atoms with E-state index in [2.05, 4.69) is 55.5 Å². The zero-order valence-electron chi connectivity index (χ0n) is 11.4. The molecule has 17 heavy (non-hydrogen) atoms. The highest BCUT2D eigenvalue weighted by Crippen LogP contribution is 2.19. The van der Waals surface area contributed by atoms with Crippen molar-refractivity contribution in [3.8, 4) is 0 Å². The van der Waals surface area contributed by atoms with Crippen LogP contribution in [-0.4, -0.2) is 34.4 Å². The van der Waals surface area contributed by atoms with Gasteiger partial charge in [-0.15, -0.1) is 0 Å². The van der Waals surface area contributed by atoms with Crippen LogP contribution in [0.2, 0.25) is 0 Å². The van der Waals surface area contributed by atoms with Crippen LogP contribution in [-0.2, 0) is 4.74 Å². The van der Waals surface area contributed by atoms with Gasteiger partial charge in [0, 0.05) is 26.4 Å². The lowest BCUT2D eigenvalue weighted by atomic mass is 10.1. The SMILES string of the molecule is CCCOCC(NC)c1cccc(N(C)C)c1. The molecule has 1 rings (SSSR count). The van der Waals surface area contributed by atoms with Crippen LogP contribution >= 0.6 is 0 Å². The van der Waals surface area contributed by atoms with Gasteiger partial charge in [-0.25, -0.2) is 0 Å². The van der Waals surface area contributed by atoms with Crippen LogP contribution in [0.25, 0.3) is 0 Å². The van der Waals surface area contributed by atoms with E-state index in [1.54, 1.807) is 0 Å². The lowest BCUT2D eigenvalue weighted by Gasteiger charge is -2.19. The molecule has 0 radical (unpaired) electrons. The molecular weight excluding hydrogens is 212 g/mol. The number of rotatable bonds is 7. The van der Waals surface area contributed by atoms with E-state index in [9.17, 15) is 0 Å². The number of ether oxygens (including phenoxy) is 1. The van der Waals surface area contributed by atoms with Crippen LogP contribution in [0.4, 0.5) is 5.69 Å². The fourth-order valence-corrected chi connectivity index (χ4v) is 1.71. The van der Waals surface area contributed by atoms with Gasteiger partial charge in [0.25, 0.3) is 0 Å². The fraction of sp³-hybridized carbons (Fsp3) is 0.571. The predicted octanol–water partition coefficient (Wildman–Crippen LogP) is 2.44. The molecule has 0 aliphatic rings. The summed E-state index contributed by atoms with van der Waals surface area (Å²) >= 11 is 0. The molecule has 1 N–H and O–H groups in total. The van der Waals surface area contributed by atoms with Crippen LogP contribution in [0.15, 0.2) is 24.3 Å². The summed E-state index contributed by atoms with van der Waals surface area (Å²) in [6.07, 6.45) is 1.06. The van der Waals surface area contributed by atoms with Crippen molar-refractivity contribution in [2.45, 2.75) is 19.4 Å². The number of likely N-dealkylation sites (N-methyl/N-ethyl adjacent to an activating group) is 1. The van der Waals surface area contributed by atoms with E-state index in [1.807, 2.05) is 7.05 Å². The molecule has 1 aromatic carbocycles. The molecule has 0 aliphatic heterocycles. The minimum Gasteiger partial charge on any atom is -0.379 e. The second kappa shape index (κ2) is 7.30. The van der Waals surface area contributed by atoms with E-state index in [-0.39, 0.29) is 6.04 Å². The number of nitrogens with one attached hydrogen (secondary N) is 1. The Balaban J connectivity index is 2.70. The zero-order chi connectivity index (χ0) is 12.7. The average Bonchev–Trinajstić information content (AvgIpc) is 2.35. The molecule has 3 nitrogen and oxygen atoms in total. The summed E-state index contributed by atoms with van der Waals surface area (Å²) in [5.74, 6) is 0. The van der Waals surface area contributed by atoms with Crippen molar-refractivity contribution in [1.82, 2.24) is 5.32 Å². The summed E-state index contributed by atoms with van der Waals surface area (Å²) in [7, 11) is 6.09. The minimum absolute atomic E-state index is 0.265. The molecule has 0 aromatic heterocycles. The number of hydrogen-bond donors (Lipinski definition) is 1. The third-order valence-corrected chi connectivity index (χ3v) is 2.77. The number of benzene rings is 1. The number of nitrogens with zero attached hydrogens (tertiary/aromatic N) is 1. The standard InChI is InChI=1S/C14H24N2O/c1-5-9-17-11-14(15-2)12-7-6-8-13(10-12)16(3)4/h6-8,10,14-15H,5,9,11H2,1-4H3. The second-order valence-corrected chi connectivity index (χ2v) is 4.41. The highest BCUT2D eigenvalue weighted by molar-refractivity contribution is 5.47. The maximum Gasteiger partial charge on any atom is 0.0661 e. The summed E-state index contributed by atoms with van der Waals surface area (Å²) in [5.41, 5.74) is 2.49. The second-order valence-electron chi connectivity index (χ2n) is 4.41. The Bertz CT molecular complexity index is 326. The Morgan fingerprint density at radius 3 is 2.71 bits per heavy atom. The fourth-order valence-electron chi connectivity index (χ4n) is 1.71. The van der Waals surface area contributed by atoms with Crippen molar-refractivity contribution in [2.24, 2.45) is 0 Å². The molecule has 0 spiro atoms. The van der Waals surface area contributed by atoms with Crippen molar-refractivity contribution in [1.29, 1.82) is 0 Å². The Labute approximate surface area is 105 Å². The average molecular weight is 236 g/mol. The molecule has 0 heterocycles. The van der Waals surface area contributed by atoms with Crippen molar-refractivity contribution < 1.29 is 4.74 Å². The normalized spacial score (nSPS) is 12.5. The van der Waals surface area contributed by atoms with Crippen molar-refractivity contribution in [2.75, 3.05) is 39.3 Å². The quantitative estimate of drug-likeness (QED) is 0.736. The molecule has 0 bridgehead atoms. The highest BCUT2D eigenvalue weighted by Gasteiger charge is 2.10. The molecule has 0 amide bonds. The van der Waals surface area contributed by atoms with E-state index in [0.29, 0.717) is 0 Å². The van der Waals surface area contributed by atoms with E-state index in [0.717, 1.165) is 19.6 Å². The van der Waals surface area contributed by atoms with Gasteiger partial charge in [-0.05, 0) is 31.2 Å². The third kappa shape index (κ3) is 4.36. The lowest BCUT2D eigenvalue weighted by Crippen LogP contribution is -2.22. The minimum atomic E-state index is 0.265. The molecule has 1 unspecified atom stereocenters. The van der Waals surface area contributed by atoms with Crippen LogP contribution in [0.3, 0.4) is 0 Å². The van der Waals surface area contributed by atoms with Gasteiger partial charge in [0.15, 0.2) is 0 Å². The first kappa shape index (κ1) is 14.0. The summed E-state index contributed by atoms with van der Waals surface area (Å²) in [4.78, 5) is 2.11. The molecule has 1 atom stereocenters. The van der Waals surface area contributed by atoms with E-state index < -0.39 is 0 Å². The van der Waals surface area contributed by atoms with Gasteiger partial charge in [0.05, 0.1) is 12.6 Å². The Morgan fingerprint density at radius 1 is 1.35 bits per heavy atom. The van der Waals surface area contributed by atoms with E-state index in [1.165, 1.54) is 11.3 Å². The van der Waals surface area contributed by atoms with Crippen LogP contribution in [0, 0.1) is 0 Å². The first-order chi connectivity index (χ1) is 8.19. The topological polar surface area (TPSA) is 24.5 Å². The first-order valence-corrected chi connectivity index (χ1v) is 6.21. The molecule has 0 saturated heterocycles. The summed E-state index contributed by atoms with van der Waals surface area (Å²) in [6, 6.07) is 8.82. The molecule has 0 fully saturated rings. The van der Waals surface area contributed by atoms with Crippen molar-refractivity contribution in [3.05, 3.63) is 29.8 Å². The van der Waals surface area contributed by atoms with Crippen LogP contribution in [0.5, 0.6) is 0 Å². The largest absolute Gasteiger partial charge is 0.379 e. The molecule has 0 saturated carbocycles. The molecule has 0 aliphatic carbocycles. The van der Waals surface area contributed by atoms with E-state index in [4.69, 9.17) is 4.74 Å². The lowest BCUT2D eigenvalue weighted by molar-refractivity contribution is 0.114. The zero-order valence-corrected chi connectivity index (χ0v) is 11.4. The van der Waals surface area contributed by atoms with Gasteiger partial charge < -0.3 is 15.0 Å². The Kier molecular flexibility index (Phi) is 6.01. The van der Waals surface area contributed by atoms with Gasteiger partial charge in [-0.3, -0.25) is 0 Å². The third-order valence-electron chi connectivity index (χ3n) is 2.77. The van der Waals surface area contributed by atoms with Gasteiger partial charge >= 0.3 is 0 Å². The Hall–Kier alpha value is -1.06. The van der Waals surface area contributed by atoms with Crippen LogP contribution < -0.4 is 10.2 Å². The van der Waals surface area contributed by atoms with Crippen molar-refractivity contribution >= 4 is 5.69 Å². The first-order valence-electron chi connectivity index (χ1n) is 6.21. The summed E-state index contributed by atoms with van der Waals surface area (Å²) in [5, 5.41) is 3.30. The van der Waals surface area contributed by atoms with Gasteiger partial charge in [-0.1, -0.05) is 19.1 Å². The smallest absolute Gasteiger partial charge is 0.0661 e. The number of hydrogen-bond acceptors (Lipinski definition) is 3. The number of anilines is 1. The van der Waals surface area contributed by atoms with Gasteiger partial charge in [-0.2, -0.15) is 0 Å². The summed E-state index contributed by atoms with van der Waals surface area (Å²) < 4.78 is 5.61. The Morgan fingerprint density at radius 2 is 2.12 bits per heavy atom. The molecule has 3 heteroatoms. The predicted molar refractivity (Wildman–Crippen MR) is 73.7 cm³/mol. The van der Waals surface area contributed by atoms with E-state index >= 15 is 0 Å². The molecule has 96 valence electrons. The maximum absolute atomic E-state index is 5.61. The van der Waals surface area contributed by atoms with Crippen molar-refractivity contribution in [3.63, 3.8) is 0 Å². The summed E-state index contributed by atoms with van der Waals surface area (Å²) in [6.45, 7) is 3.67. The van der Waals surface area contributed by atoms with Crippen LogP contribution in [0.1, 0.15) is 24.9 Å². The van der Waals surface area contributed by atoms with Gasteiger partial charge in [0.2, 0.25) is 0 Å². The molecular formula is C14H24N2O. The van der Waals surface area contributed by atoms with Gasteiger partial charge in [0.1, 0.15) is 0 Å².